The molecule has 0 spiro atoms. The summed E-state index contributed by atoms with van der Waals surface area (Å²) >= 11 is 0. The number of carbonyl (C=O) groups excluding carboxylic acids is 1. The van der Waals surface area contributed by atoms with Crippen molar-refractivity contribution in [1.29, 1.82) is 0 Å². The minimum atomic E-state index is -1.09. The van der Waals surface area contributed by atoms with Crippen LogP contribution in [0.3, 0.4) is 0 Å². The van der Waals surface area contributed by atoms with Gasteiger partial charge in [-0.05, 0) is 13.8 Å². The number of carboxylic acid groups (broad SMARTS) is 1. The number of amides is 2. The fraction of sp³-hybridized carbons (Fsp3) is 0.800. The van der Waals surface area contributed by atoms with Crippen molar-refractivity contribution in [2.45, 2.75) is 32.0 Å². The van der Waals surface area contributed by atoms with Crippen LogP contribution in [0.25, 0.3) is 0 Å². The Kier molecular flexibility index (Phi) is 4.30. The lowest BCUT2D eigenvalue weighted by Gasteiger charge is -2.30. The topological polar surface area (TPSA) is 88.1 Å². The average molecular weight is 246 g/mol. The van der Waals surface area contributed by atoms with Crippen LogP contribution in [0.4, 0.5) is 4.79 Å². The van der Waals surface area contributed by atoms with E-state index < -0.39 is 17.9 Å². The van der Waals surface area contributed by atoms with Crippen LogP contribution in [0.1, 0.15) is 20.3 Å². The fourth-order valence-corrected chi connectivity index (χ4v) is 1.86. The second-order valence-corrected chi connectivity index (χ2v) is 4.30. The van der Waals surface area contributed by atoms with Crippen molar-refractivity contribution in [3.63, 3.8) is 0 Å². The van der Waals surface area contributed by atoms with E-state index in [1.165, 1.54) is 12.0 Å². The van der Waals surface area contributed by atoms with Gasteiger partial charge in [0.1, 0.15) is 12.5 Å². The van der Waals surface area contributed by atoms with Crippen molar-refractivity contribution in [2.75, 3.05) is 20.4 Å². The normalized spacial score (nSPS) is 22.5. The molecular weight excluding hydrogens is 228 g/mol. The van der Waals surface area contributed by atoms with Crippen LogP contribution in [-0.4, -0.2) is 54.2 Å². The number of hydrogen-bond donors (Lipinski definition) is 2. The molecule has 7 nitrogen and oxygen atoms in total. The first kappa shape index (κ1) is 13.7. The lowest BCUT2D eigenvalue weighted by atomic mass is 10.1. The highest BCUT2D eigenvalue weighted by atomic mass is 16.5. The quantitative estimate of drug-likeness (QED) is 0.692. The largest absolute Gasteiger partial charge is 0.465 e. The molecule has 0 saturated carbocycles. The lowest BCUT2D eigenvalue weighted by Crippen LogP contribution is -2.48. The fourth-order valence-electron chi connectivity index (χ4n) is 1.86. The summed E-state index contributed by atoms with van der Waals surface area (Å²) in [6, 6.07) is -0.459. The van der Waals surface area contributed by atoms with Crippen LogP contribution < -0.4 is 5.32 Å². The third kappa shape index (κ3) is 3.31. The molecule has 1 heterocycles. The zero-order valence-electron chi connectivity index (χ0n) is 10.2. The van der Waals surface area contributed by atoms with Gasteiger partial charge in [0.15, 0.2) is 0 Å². The van der Waals surface area contributed by atoms with Crippen molar-refractivity contribution < 1.29 is 24.2 Å². The molecule has 1 fully saturated rings. The molecule has 1 aliphatic rings. The number of carbonyl (C=O) groups is 2. The first-order valence-corrected chi connectivity index (χ1v) is 5.30. The van der Waals surface area contributed by atoms with Gasteiger partial charge in [0.2, 0.25) is 5.91 Å². The van der Waals surface area contributed by atoms with Gasteiger partial charge in [-0.2, -0.15) is 0 Å². The Morgan fingerprint density at radius 3 is 2.76 bits per heavy atom. The smallest absolute Gasteiger partial charge is 0.409 e. The predicted molar refractivity (Wildman–Crippen MR) is 58.3 cm³/mol. The zero-order chi connectivity index (χ0) is 13.1. The van der Waals surface area contributed by atoms with E-state index in [0.717, 1.165) is 0 Å². The molecule has 7 heteroatoms. The summed E-state index contributed by atoms with van der Waals surface area (Å²) in [5.74, 6) is -0.260. The van der Waals surface area contributed by atoms with Crippen molar-refractivity contribution >= 4 is 12.0 Å². The van der Waals surface area contributed by atoms with Gasteiger partial charge in [0.25, 0.3) is 0 Å². The minimum Gasteiger partial charge on any atom is -0.465 e. The Balaban J connectivity index is 2.59. The third-order valence-corrected chi connectivity index (χ3v) is 2.62. The molecule has 0 aromatic carbocycles. The maximum absolute atomic E-state index is 11.5. The second kappa shape index (κ2) is 5.33. The van der Waals surface area contributed by atoms with E-state index in [9.17, 15) is 9.59 Å². The zero-order valence-corrected chi connectivity index (χ0v) is 10.2. The van der Waals surface area contributed by atoms with E-state index in [1.54, 1.807) is 13.8 Å². The highest BCUT2D eigenvalue weighted by Crippen LogP contribution is 2.28. The molecular formula is C10H18N2O5. The molecule has 0 radical (unpaired) electrons. The number of rotatable bonds is 4. The molecule has 1 atom stereocenters. The molecule has 1 rings (SSSR count). The molecule has 0 aliphatic carbocycles. The average Bonchev–Trinajstić information content (AvgIpc) is 2.50. The maximum Gasteiger partial charge on any atom is 0.409 e. The first-order valence-electron chi connectivity index (χ1n) is 5.30. The Morgan fingerprint density at radius 1 is 1.59 bits per heavy atom. The van der Waals surface area contributed by atoms with E-state index in [4.69, 9.17) is 14.6 Å². The molecule has 0 aromatic heterocycles. The molecule has 1 saturated heterocycles. The van der Waals surface area contributed by atoms with E-state index in [1.807, 2.05) is 0 Å². The third-order valence-electron chi connectivity index (χ3n) is 2.62. The summed E-state index contributed by atoms with van der Waals surface area (Å²) in [5, 5.41) is 11.6. The van der Waals surface area contributed by atoms with Crippen LogP contribution in [0.15, 0.2) is 0 Å². The summed E-state index contributed by atoms with van der Waals surface area (Å²) in [6.07, 6.45) is -1.02. The highest BCUT2D eigenvalue weighted by molar-refractivity contribution is 5.77. The van der Waals surface area contributed by atoms with Crippen LogP contribution >= 0.6 is 0 Å². The first-order chi connectivity index (χ1) is 7.88. The number of methoxy groups -OCH3 is 1. The summed E-state index contributed by atoms with van der Waals surface area (Å²) in [6.45, 7) is 3.66. The molecule has 0 bridgehead atoms. The van der Waals surface area contributed by atoms with Gasteiger partial charge in [0, 0.05) is 13.5 Å². The molecule has 0 aromatic rings. The van der Waals surface area contributed by atoms with Crippen molar-refractivity contribution in [1.82, 2.24) is 10.2 Å². The molecule has 98 valence electrons. The number of hydrogen-bond acceptors (Lipinski definition) is 4. The Bertz CT molecular complexity index is 305. The standard InChI is InChI=1S/C10H18N2O5/c1-10(2)12(9(14)15)7(5-17-10)4-8(13)11-6-16-3/h7H,4-6H2,1-3H3,(H,11,13)(H,14,15)/t7-/m0/s1. The SMILES string of the molecule is COCNC(=O)C[C@H]1COC(C)(C)N1C(=O)O. The van der Waals surface area contributed by atoms with Crippen molar-refractivity contribution in [3.05, 3.63) is 0 Å². The van der Waals surface area contributed by atoms with Crippen LogP contribution in [0.2, 0.25) is 0 Å². The minimum absolute atomic E-state index is 0.0685. The van der Waals surface area contributed by atoms with Crippen LogP contribution in [0, 0.1) is 0 Å². The molecule has 2 amide bonds. The van der Waals surface area contributed by atoms with E-state index in [2.05, 4.69) is 5.32 Å². The van der Waals surface area contributed by atoms with E-state index in [0.29, 0.717) is 0 Å². The number of nitrogens with zero attached hydrogens (tertiary/aromatic N) is 1. The van der Waals surface area contributed by atoms with Gasteiger partial charge in [-0.1, -0.05) is 0 Å². The monoisotopic (exact) mass is 246 g/mol. The van der Waals surface area contributed by atoms with Gasteiger partial charge in [0.05, 0.1) is 12.6 Å². The molecule has 0 unspecified atom stereocenters. The molecule has 2 N–H and O–H groups in total. The summed E-state index contributed by atoms with van der Waals surface area (Å²) in [5.41, 5.74) is -0.891. The highest BCUT2D eigenvalue weighted by Gasteiger charge is 2.44. The van der Waals surface area contributed by atoms with Gasteiger partial charge in [-0.15, -0.1) is 0 Å². The predicted octanol–water partition coefficient (Wildman–Crippen LogP) is 0.212. The number of nitrogens with one attached hydrogen (secondary N) is 1. The van der Waals surface area contributed by atoms with E-state index in [-0.39, 0.29) is 25.7 Å². The molecule has 1 aliphatic heterocycles. The summed E-state index contributed by atoms with van der Waals surface area (Å²) in [7, 11) is 1.46. The maximum atomic E-state index is 11.5. The number of ether oxygens (including phenoxy) is 2. The molecule has 17 heavy (non-hydrogen) atoms. The van der Waals surface area contributed by atoms with Crippen molar-refractivity contribution in [3.8, 4) is 0 Å². The van der Waals surface area contributed by atoms with E-state index >= 15 is 0 Å². The van der Waals surface area contributed by atoms with Crippen LogP contribution in [-0.2, 0) is 14.3 Å². The van der Waals surface area contributed by atoms with Crippen molar-refractivity contribution in [2.24, 2.45) is 0 Å². The van der Waals surface area contributed by atoms with Gasteiger partial charge in [-0.3, -0.25) is 9.69 Å². The summed E-state index contributed by atoms with van der Waals surface area (Å²) < 4.78 is 10.1. The Labute approximate surface area is 99.7 Å². The van der Waals surface area contributed by atoms with Crippen LogP contribution in [0.5, 0.6) is 0 Å². The summed E-state index contributed by atoms with van der Waals surface area (Å²) in [4.78, 5) is 23.7. The Morgan fingerprint density at radius 2 is 2.24 bits per heavy atom. The lowest BCUT2D eigenvalue weighted by molar-refractivity contribution is -0.123. The van der Waals surface area contributed by atoms with Gasteiger partial charge >= 0.3 is 6.09 Å². The van der Waals surface area contributed by atoms with Gasteiger partial charge < -0.3 is 19.9 Å². The van der Waals surface area contributed by atoms with Gasteiger partial charge in [-0.25, -0.2) is 4.79 Å². The second-order valence-electron chi connectivity index (χ2n) is 4.30. The Hall–Kier alpha value is -1.34.